The van der Waals surface area contributed by atoms with Crippen LogP contribution in [0.4, 0.5) is 8.78 Å². The van der Waals surface area contributed by atoms with E-state index in [1.807, 2.05) is 6.26 Å². The van der Waals surface area contributed by atoms with Gasteiger partial charge in [-0.25, -0.2) is 8.78 Å². The number of halogens is 3. The Hall–Kier alpha value is -0.290. The summed E-state index contributed by atoms with van der Waals surface area (Å²) in [7, 11) is 0. The van der Waals surface area contributed by atoms with E-state index >= 15 is 0 Å². The Kier molecular flexibility index (Phi) is 5.39. The van der Waals surface area contributed by atoms with Crippen molar-refractivity contribution in [3.05, 3.63) is 29.3 Å². The van der Waals surface area contributed by atoms with Crippen LogP contribution in [-0.2, 0) is 5.33 Å². The zero-order chi connectivity index (χ0) is 11.3. The van der Waals surface area contributed by atoms with Gasteiger partial charge in [-0.3, -0.25) is 0 Å². The Balaban J connectivity index is 2.79. The first-order valence-electron chi connectivity index (χ1n) is 4.34. The zero-order valence-electron chi connectivity index (χ0n) is 8.23. The number of ether oxygens (including phenoxy) is 1. The minimum Gasteiger partial charge on any atom is -0.487 e. The average molecular weight is 297 g/mol. The molecular formula is C10H11BrF2OS. The standard InChI is InChI=1S/C10H11BrF2OS/c1-15-3-2-14-10-8(12)4-7(6-11)5-9(10)13/h4-5H,2-3,6H2,1H3. The molecule has 0 saturated heterocycles. The second-order valence-electron chi connectivity index (χ2n) is 2.86. The Morgan fingerprint density at radius 1 is 1.33 bits per heavy atom. The van der Waals surface area contributed by atoms with Crippen LogP contribution in [-0.4, -0.2) is 18.6 Å². The number of benzene rings is 1. The molecule has 0 spiro atoms. The van der Waals surface area contributed by atoms with Crippen molar-refractivity contribution in [1.29, 1.82) is 0 Å². The van der Waals surface area contributed by atoms with Crippen molar-refractivity contribution in [3.8, 4) is 5.75 Å². The fourth-order valence-corrected chi connectivity index (χ4v) is 1.63. The molecule has 1 nitrogen and oxygen atoms in total. The van der Waals surface area contributed by atoms with E-state index in [0.717, 1.165) is 0 Å². The van der Waals surface area contributed by atoms with E-state index in [2.05, 4.69) is 15.9 Å². The third-order valence-electron chi connectivity index (χ3n) is 1.75. The van der Waals surface area contributed by atoms with E-state index in [1.54, 1.807) is 11.8 Å². The van der Waals surface area contributed by atoms with E-state index in [0.29, 0.717) is 23.3 Å². The highest BCUT2D eigenvalue weighted by Crippen LogP contribution is 2.24. The summed E-state index contributed by atoms with van der Waals surface area (Å²) in [5.41, 5.74) is 0.558. The topological polar surface area (TPSA) is 9.23 Å². The molecule has 1 rings (SSSR count). The van der Waals surface area contributed by atoms with Crippen molar-refractivity contribution in [2.75, 3.05) is 18.6 Å². The largest absolute Gasteiger partial charge is 0.487 e. The molecule has 5 heteroatoms. The summed E-state index contributed by atoms with van der Waals surface area (Å²) >= 11 is 4.70. The van der Waals surface area contributed by atoms with Gasteiger partial charge in [-0.1, -0.05) is 15.9 Å². The molecule has 0 fully saturated rings. The molecule has 0 aliphatic carbocycles. The maximum atomic E-state index is 13.3. The van der Waals surface area contributed by atoms with Crippen LogP contribution in [0.5, 0.6) is 5.75 Å². The summed E-state index contributed by atoms with van der Waals surface area (Å²) in [6, 6.07) is 2.54. The molecule has 0 radical (unpaired) electrons. The summed E-state index contributed by atoms with van der Waals surface area (Å²) < 4.78 is 31.7. The van der Waals surface area contributed by atoms with Gasteiger partial charge in [0.25, 0.3) is 0 Å². The minimum absolute atomic E-state index is 0.284. The first kappa shape index (κ1) is 12.8. The maximum absolute atomic E-state index is 13.3. The van der Waals surface area contributed by atoms with Gasteiger partial charge in [0.05, 0.1) is 6.61 Å². The van der Waals surface area contributed by atoms with Crippen molar-refractivity contribution < 1.29 is 13.5 Å². The van der Waals surface area contributed by atoms with Gasteiger partial charge in [-0.2, -0.15) is 11.8 Å². The Bertz CT molecular complexity index is 310. The van der Waals surface area contributed by atoms with Crippen LogP contribution >= 0.6 is 27.7 Å². The van der Waals surface area contributed by atoms with Crippen molar-refractivity contribution in [3.63, 3.8) is 0 Å². The van der Waals surface area contributed by atoms with Gasteiger partial charge in [0.1, 0.15) is 0 Å². The summed E-state index contributed by atoms with van der Waals surface area (Å²) in [4.78, 5) is 0. The van der Waals surface area contributed by atoms with Gasteiger partial charge >= 0.3 is 0 Å². The first-order chi connectivity index (χ1) is 7.19. The Morgan fingerprint density at radius 2 is 1.93 bits per heavy atom. The average Bonchev–Trinajstić information content (AvgIpc) is 2.22. The van der Waals surface area contributed by atoms with Crippen molar-refractivity contribution in [2.45, 2.75) is 5.33 Å². The minimum atomic E-state index is -0.648. The highest BCUT2D eigenvalue weighted by Gasteiger charge is 2.11. The van der Waals surface area contributed by atoms with Crippen molar-refractivity contribution in [2.24, 2.45) is 0 Å². The molecule has 0 N–H and O–H groups in total. The highest BCUT2D eigenvalue weighted by atomic mass is 79.9. The van der Waals surface area contributed by atoms with E-state index in [1.165, 1.54) is 12.1 Å². The second-order valence-corrected chi connectivity index (χ2v) is 4.41. The lowest BCUT2D eigenvalue weighted by Gasteiger charge is -2.08. The van der Waals surface area contributed by atoms with Gasteiger partial charge in [-0.15, -0.1) is 0 Å². The van der Waals surface area contributed by atoms with Crippen molar-refractivity contribution >= 4 is 27.7 Å². The SMILES string of the molecule is CSCCOc1c(F)cc(CBr)cc1F. The second kappa shape index (κ2) is 6.33. The van der Waals surface area contributed by atoms with E-state index in [9.17, 15) is 8.78 Å². The van der Waals surface area contributed by atoms with Crippen LogP contribution in [0.1, 0.15) is 5.56 Å². The van der Waals surface area contributed by atoms with E-state index in [-0.39, 0.29) is 5.75 Å². The fraction of sp³-hybridized carbons (Fsp3) is 0.400. The smallest absolute Gasteiger partial charge is 0.190 e. The molecule has 1 aromatic rings. The van der Waals surface area contributed by atoms with Crippen molar-refractivity contribution in [1.82, 2.24) is 0 Å². The number of rotatable bonds is 5. The van der Waals surface area contributed by atoms with Crippen LogP contribution < -0.4 is 4.74 Å². The lowest BCUT2D eigenvalue weighted by Crippen LogP contribution is -2.04. The maximum Gasteiger partial charge on any atom is 0.190 e. The van der Waals surface area contributed by atoms with Crippen LogP contribution in [0.3, 0.4) is 0 Å². The summed E-state index contributed by atoms with van der Waals surface area (Å²) in [5, 5.41) is 0.423. The molecule has 0 aromatic heterocycles. The summed E-state index contributed by atoms with van der Waals surface area (Å²) in [6.07, 6.45) is 1.91. The Labute approximate surface area is 100 Å². The van der Waals surface area contributed by atoms with Crippen LogP contribution in [0.2, 0.25) is 0 Å². The summed E-state index contributed by atoms with van der Waals surface area (Å²) in [5.74, 6) is -0.871. The summed E-state index contributed by atoms with van der Waals surface area (Å²) in [6.45, 7) is 0.308. The van der Waals surface area contributed by atoms with Gasteiger partial charge < -0.3 is 4.74 Å². The number of hydrogen-bond donors (Lipinski definition) is 0. The predicted octanol–water partition coefficient (Wildman–Crippen LogP) is 3.60. The van der Waals surface area contributed by atoms with Gasteiger partial charge in [0.2, 0.25) is 0 Å². The number of hydrogen-bond acceptors (Lipinski definition) is 2. The van der Waals surface area contributed by atoms with Gasteiger partial charge in [-0.05, 0) is 24.0 Å². The van der Waals surface area contributed by atoms with Gasteiger partial charge in [0, 0.05) is 11.1 Å². The molecule has 0 aliphatic rings. The lowest BCUT2D eigenvalue weighted by molar-refractivity contribution is 0.305. The molecule has 0 saturated carbocycles. The lowest BCUT2D eigenvalue weighted by atomic mass is 10.2. The zero-order valence-corrected chi connectivity index (χ0v) is 10.6. The monoisotopic (exact) mass is 296 g/mol. The first-order valence-corrected chi connectivity index (χ1v) is 6.86. The molecule has 84 valence electrons. The molecule has 15 heavy (non-hydrogen) atoms. The molecule has 0 aliphatic heterocycles. The third kappa shape index (κ3) is 3.65. The fourth-order valence-electron chi connectivity index (χ4n) is 1.05. The molecule has 1 aromatic carbocycles. The third-order valence-corrected chi connectivity index (χ3v) is 2.97. The quantitative estimate of drug-likeness (QED) is 0.606. The molecule has 0 bridgehead atoms. The molecular weight excluding hydrogens is 286 g/mol. The number of thioether (sulfide) groups is 1. The van der Waals surface area contributed by atoms with E-state index in [4.69, 9.17) is 4.74 Å². The van der Waals surface area contributed by atoms with E-state index < -0.39 is 11.6 Å². The molecule has 0 amide bonds. The normalized spacial score (nSPS) is 10.4. The van der Waals surface area contributed by atoms with Crippen LogP contribution in [0.25, 0.3) is 0 Å². The molecule has 0 atom stereocenters. The molecule has 0 heterocycles. The number of alkyl halides is 1. The Morgan fingerprint density at radius 3 is 2.40 bits per heavy atom. The highest BCUT2D eigenvalue weighted by molar-refractivity contribution is 9.08. The van der Waals surface area contributed by atoms with Crippen LogP contribution in [0.15, 0.2) is 12.1 Å². The van der Waals surface area contributed by atoms with Crippen LogP contribution in [0, 0.1) is 11.6 Å². The predicted molar refractivity (Wildman–Crippen MR) is 62.9 cm³/mol. The van der Waals surface area contributed by atoms with Gasteiger partial charge in [0.15, 0.2) is 17.4 Å². The molecule has 0 unspecified atom stereocenters.